The number of para-hydroxylation sites is 1. The zero-order valence-electron chi connectivity index (χ0n) is 12.4. The molecule has 0 aromatic heterocycles. The molecule has 0 bridgehead atoms. The summed E-state index contributed by atoms with van der Waals surface area (Å²) in [5, 5.41) is 2.87. The van der Waals surface area contributed by atoms with Crippen LogP contribution in [0.2, 0.25) is 0 Å². The lowest BCUT2D eigenvalue weighted by Crippen LogP contribution is -2.36. The smallest absolute Gasteiger partial charge is 0.264 e. The fourth-order valence-corrected chi connectivity index (χ4v) is 2.46. The van der Waals surface area contributed by atoms with Gasteiger partial charge in [-0.15, -0.1) is 0 Å². The van der Waals surface area contributed by atoms with Crippen LogP contribution in [0.1, 0.15) is 15.9 Å². The SMILES string of the molecule is Cc1ccccc1C(=O)Nc1cccc2c1N(C)C(=O)CO2. The van der Waals surface area contributed by atoms with E-state index < -0.39 is 0 Å². The number of hydrogen-bond acceptors (Lipinski definition) is 3. The maximum atomic E-state index is 12.5. The molecule has 1 N–H and O–H groups in total. The second kappa shape index (κ2) is 5.52. The van der Waals surface area contributed by atoms with Crippen LogP contribution in [-0.2, 0) is 4.79 Å². The maximum absolute atomic E-state index is 12.5. The second-order valence-electron chi connectivity index (χ2n) is 5.16. The molecular formula is C17H16N2O3. The zero-order chi connectivity index (χ0) is 15.7. The van der Waals surface area contributed by atoms with E-state index in [-0.39, 0.29) is 18.4 Å². The highest BCUT2D eigenvalue weighted by Gasteiger charge is 2.25. The van der Waals surface area contributed by atoms with Crippen molar-refractivity contribution < 1.29 is 14.3 Å². The first-order valence-electron chi connectivity index (χ1n) is 6.97. The molecule has 2 aromatic rings. The summed E-state index contributed by atoms with van der Waals surface area (Å²) in [7, 11) is 1.67. The highest BCUT2D eigenvalue weighted by atomic mass is 16.5. The standard InChI is InChI=1S/C17H16N2O3/c1-11-6-3-4-7-12(11)17(21)18-13-8-5-9-14-16(13)19(2)15(20)10-22-14/h3-9H,10H2,1-2H3,(H,18,21). The van der Waals surface area contributed by atoms with E-state index in [1.807, 2.05) is 25.1 Å². The number of benzene rings is 2. The van der Waals surface area contributed by atoms with Gasteiger partial charge >= 0.3 is 0 Å². The number of anilines is 2. The predicted molar refractivity (Wildman–Crippen MR) is 84.5 cm³/mol. The molecule has 0 radical (unpaired) electrons. The molecule has 0 aliphatic carbocycles. The third-order valence-corrected chi connectivity index (χ3v) is 3.70. The Balaban J connectivity index is 1.96. The number of ether oxygens (including phenoxy) is 1. The van der Waals surface area contributed by atoms with E-state index in [9.17, 15) is 9.59 Å². The fraction of sp³-hybridized carbons (Fsp3) is 0.176. The molecule has 2 aromatic carbocycles. The molecule has 3 rings (SSSR count). The third kappa shape index (κ3) is 2.41. The maximum Gasteiger partial charge on any atom is 0.264 e. The van der Waals surface area contributed by atoms with Gasteiger partial charge in [-0.1, -0.05) is 24.3 Å². The molecule has 1 aliphatic heterocycles. The summed E-state index contributed by atoms with van der Waals surface area (Å²) in [4.78, 5) is 25.8. The van der Waals surface area contributed by atoms with Crippen LogP contribution >= 0.6 is 0 Å². The van der Waals surface area contributed by atoms with Gasteiger partial charge in [0, 0.05) is 12.6 Å². The summed E-state index contributed by atoms with van der Waals surface area (Å²) < 4.78 is 5.42. The molecule has 1 aliphatic rings. The number of nitrogens with zero attached hydrogens (tertiary/aromatic N) is 1. The Labute approximate surface area is 128 Å². The van der Waals surface area contributed by atoms with E-state index >= 15 is 0 Å². The van der Waals surface area contributed by atoms with Crippen molar-refractivity contribution in [2.24, 2.45) is 0 Å². The number of nitrogens with one attached hydrogen (secondary N) is 1. The number of hydrogen-bond donors (Lipinski definition) is 1. The molecule has 0 fully saturated rings. The quantitative estimate of drug-likeness (QED) is 0.926. The highest BCUT2D eigenvalue weighted by molar-refractivity contribution is 6.09. The Kier molecular flexibility index (Phi) is 3.55. The highest BCUT2D eigenvalue weighted by Crippen LogP contribution is 2.38. The first kappa shape index (κ1) is 14.1. The van der Waals surface area contributed by atoms with Crippen LogP contribution in [0.5, 0.6) is 5.75 Å². The largest absolute Gasteiger partial charge is 0.481 e. The molecule has 2 amide bonds. The zero-order valence-corrected chi connectivity index (χ0v) is 12.4. The molecule has 5 heteroatoms. The molecule has 0 unspecified atom stereocenters. The van der Waals surface area contributed by atoms with Crippen LogP contribution in [0.4, 0.5) is 11.4 Å². The molecule has 0 spiro atoms. The number of aryl methyl sites for hydroxylation is 1. The van der Waals surface area contributed by atoms with Crippen molar-refractivity contribution in [1.82, 2.24) is 0 Å². The summed E-state index contributed by atoms with van der Waals surface area (Å²) in [6.07, 6.45) is 0. The van der Waals surface area contributed by atoms with Crippen molar-refractivity contribution in [3.8, 4) is 5.75 Å². The summed E-state index contributed by atoms with van der Waals surface area (Å²) in [5.41, 5.74) is 2.64. The first-order valence-corrected chi connectivity index (χ1v) is 6.97. The third-order valence-electron chi connectivity index (χ3n) is 3.70. The van der Waals surface area contributed by atoms with Gasteiger partial charge in [0.25, 0.3) is 11.8 Å². The number of rotatable bonds is 2. The van der Waals surface area contributed by atoms with Crippen molar-refractivity contribution in [3.05, 3.63) is 53.6 Å². The van der Waals surface area contributed by atoms with Gasteiger partial charge < -0.3 is 15.0 Å². The molecule has 22 heavy (non-hydrogen) atoms. The number of carbonyl (C=O) groups excluding carboxylic acids is 2. The molecule has 112 valence electrons. The minimum absolute atomic E-state index is 0.0126. The van der Waals surface area contributed by atoms with Crippen LogP contribution < -0.4 is 15.0 Å². The Hall–Kier alpha value is -2.82. The van der Waals surface area contributed by atoms with Gasteiger partial charge in [-0.05, 0) is 30.7 Å². The monoisotopic (exact) mass is 296 g/mol. The number of carbonyl (C=O) groups is 2. The van der Waals surface area contributed by atoms with Crippen LogP contribution in [-0.4, -0.2) is 25.5 Å². The van der Waals surface area contributed by atoms with E-state index in [1.54, 1.807) is 31.3 Å². The van der Waals surface area contributed by atoms with E-state index in [0.717, 1.165) is 5.56 Å². The summed E-state index contributed by atoms with van der Waals surface area (Å²) in [5.74, 6) is 0.229. The van der Waals surface area contributed by atoms with E-state index in [0.29, 0.717) is 22.7 Å². The number of amides is 2. The van der Waals surface area contributed by atoms with Gasteiger partial charge in [-0.3, -0.25) is 9.59 Å². The van der Waals surface area contributed by atoms with E-state index in [1.165, 1.54) is 4.90 Å². The lowest BCUT2D eigenvalue weighted by molar-refractivity contribution is -0.120. The minimum atomic E-state index is -0.210. The van der Waals surface area contributed by atoms with Gasteiger partial charge in [0.2, 0.25) is 0 Å². The molecular weight excluding hydrogens is 280 g/mol. The summed E-state index contributed by atoms with van der Waals surface area (Å²) in [6, 6.07) is 12.7. The average Bonchev–Trinajstić information content (AvgIpc) is 2.51. The molecule has 1 heterocycles. The Morgan fingerprint density at radius 3 is 2.73 bits per heavy atom. The Morgan fingerprint density at radius 2 is 1.95 bits per heavy atom. The lowest BCUT2D eigenvalue weighted by Gasteiger charge is -2.28. The van der Waals surface area contributed by atoms with E-state index in [4.69, 9.17) is 4.74 Å². The summed E-state index contributed by atoms with van der Waals surface area (Å²) >= 11 is 0. The van der Waals surface area contributed by atoms with Gasteiger partial charge in [0.15, 0.2) is 6.61 Å². The van der Waals surface area contributed by atoms with Crippen molar-refractivity contribution in [3.63, 3.8) is 0 Å². The summed E-state index contributed by atoms with van der Waals surface area (Å²) in [6.45, 7) is 1.90. The number of fused-ring (bicyclic) bond motifs is 1. The van der Waals surface area contributed by atoms with Gasteiger partial charge in [-0.25, -0.2) is 0 Å². The normalized spacial score (nSPS) is 13.4. The van der Waals surface area contributed by atoms with Crippen molar-refractivity contribution in [2.45, 2.75) is 6.92 Å². The van der Waals surface area contributed by atoms with Gasteiger partial charge in [0.1, 0.15) is 11.4 Å². The van der Waals surface area contributed by atoms with Crippen LogP contribution in [0.25, 0.3) is 0 Å². The minimum Gasteiger partial charge on any atom is -0.481 e. The van der Waals surface area contributed by atoms with Gasteiger partial charge in [0.05, 0.1) is 5.69 Å². The Morgan fingerprint density at radius 1 is 1.18 bits per heavy atom. The lowest BCUT2D eigenvalue weighted by atomic mass is 10.1. The molecule has 0 saturated carbocycles. The second-order valence-corrected chi connectivity index (χ2v) is 5.16. The van der Waals surface area contributed by atoms with Crippen LogP contribution in [0.15, 0.2) is 42.5 Å². The van der Waals surface area contributed by atoms with Crippen molar-refractivity contribution in [2.75, 3.05) is 23.9 Å². The van der Waals surface area contributed by atoms with Crippen LogP contribution in [0.3, 0.4) is 0 Å². The fourth-order valence-electron chi connectivity index (χ4n) is 2.46. The molecule has 0 atom stereocenters. The van der Waals surface area contributed by atoms with Crippen LogP contribution in [0, 0.1) is 6.92 Å². The van der Waals surface area contributed by atoms with Crippen molar-refractivity contribution >= 4 is 23.2 Å². The van der Waals surface area contributed by atoms with E-state index in [2.05, 4.69) is 5.32 Å². The molecule has 0 saturated heterocycles. The first-order chi connectivity index (χ1) is 10.6. The molecule has 5 nitrogen and oxygen atoms in total. The van der Waals surface area contributed by atoms with Gasteiger partial charge in [-0.2, -0.15) is 0 Å². The average molecular weight is 296 g/mol. The predicted octanol–water partition coefficient (Wildman–Crippen LogP) is 2.60. The number of likely N-dealkylation sites (N-methyl/N-ethyl adjacent to an activating group) is 1. The van der Waals surface area contributed by atoms with Crippen molar-refractivity contribution in [1.29, 1.82) is 0 Å². The topological polar surface area (TPSA) is 58.6 Å². The Bertz CT molecular complexity index is 755.